The largest absolute Gasteiger partial charge is 0.468 e. The molecule has 13 heavy (non-hydrogen) atoms. The Morgan fingerprint density at radius 1 is 1.62 bits per heavy atom. The maximum absolute atomic E-state index is 10.7. The number of carbonyl (C=O) groups excluding carboxylic acids is 1. The average molecular weight is 186 g/mol. The minimum Gasteiger partial charge on any atom is -0.468 e. The zero-order valence-electron chi connectivity index (χ0n) is 8.38. The zero-order chi connectivity index (χ0) is 9.68. The molecule has 0 spiro atoms. The predicted molar refractivity (Wildman–Crippen MR) is 50.5 cm³/mol. The van der Waals surface area contributed by atoms with Gasteiger partial charge < -0.3 is 15.0 Å². The Balaban J connectivity index is 1.91. The molecule has 1 N–H and O–H groups in total. The van der Waals surface area contributed by atoms with Crippen LogP contribution < -0.4 is 5.32 Å². The van der Waals surface area contributed by atoms with Crippen LogP contribution in [0.3, 0.4) is 0 Å². The van der Waals surface area contributed by atoms with Gasteiger partial charge in [-0.1, -0.05) is 0 Å². The molecule has 0 heterocycles. The Morgan fingerprint density at radius 2 is 2.31 bits per heavy atom. The second-order valence-electron chi connectivity index (χ2n) is 3.46. The lowest BCUT2D eigenvalue weighted by Gasteiger charge is -2.15. The second-order valence-corrected chi connectivity index (χ2v) is 3.46. The summed E-state index contributed by atoms with van der Waals surface area (Å²) in [6, 6.07) is 0.792. The molecular weight excluding hydrogens is 168 g/mol. The number of nitrogens with zero attached hydrogens (tertiary/aromatic N) is 1. The molecule has 1 aliphatic carbocycles. The summed E-state index contributed by atoms with van der Waals surface area (Å²) >= 11 is 0. The van der Waals surface area contributed by atoms with Crippen LogP contribution in [0.1, 0.15) is 12.8 Å². The van der Waals surface area contributed by atoms with Gasteiger partial charge in [0.15, 0.2) is 0 Å². The molecule has 76 valence electrons. The maximum atomic E-state index is 10.7. The Labute approximate surface area is 79.2 Å². The standard InChI is InChI=1S/C9H18N2O2/c1-11(8-3-4-8)6-5-10-7-9(12)13-2/h8,10H,3-7H2,1-2H3. The monoisotopic (exact) mass is 186 g/mol. The molecule has 0 aromatic rings. The van der Waals surface area contributed by atoms with E-state index in [-0.39, 0.29) is 5.97 Å². The molecule has 1 fully saturated rings. The number of nitrogens with one attached hydrogen (secondary N) is 1. The van der Waals surface area contributed by atoms with Crippen molar-refractivity contribution >= 4 is 5.97 Å². The number of likely N-dealkylation sites (N-methyl/N-ethyl adjacent to an activating group) is 1. The van der Waals surface area contributed by atoms with Crippen molar-refractivity contribution in [2.24, 2.45) is 0 Å². The highest BCUT2D eigenvalue weighted by Crippen LogP contribution is 2.24. The molecule has 0 aliphatic heterocycles. The van der Waals surface area contributed by atoms with Gasteiger partial charge in [0.1, 0.15) is 0 Å². The highest BCUT2D eigenvalue weighted by Gasteiger charge is 2.25. The van der Waals surface area contributed by atoms with Crippen LogP contribution >= 0.6 is 0 Å². The summed E-state index contributed by atoms with van der Waals surface area (Å²) in [5.74, 6) is -0.200. The number of rotatable bonds is 6. The average Bonchev–Trinajstić information content (AvgIpc) is 2.94. The summed E-state index contributed by atoms with van der Waals surface area (Å²) in [5.41, 5.74) is 0. The smallest absolute Gasteiger partial charge is 0.319 e. The molecule has 0 bridgehead atoms. The van der Waals surface area contributed by atoms with Crippen molar-refractivity contribution in [1.82, 2.24) is 10.2 Å². The van der Waals surface area contributed by atoms with Crippen molar-refractivity contribution < 1.29 is 9.53 Å². The van der Waals surface area contributed by atoms with Crippen molar-refractivity contribution in [1.29, 1.82) is 0 Å². The zero-order valence-corrected chi connectivity index (χ0v) is 8.38. The number of hydrogen-bond donors (Lipinski definition) is 1. The number of methoxy groups -OCH3 is 1. The predicted octanol–water partition coefficient (Wildman–Crippen LogP) is -0.157. The lowest BCUT2D eigenvalue weighted by atomic mass is 10.5. The van der Waals surface area contributed by atoms with Gasteiger partial charge in [0, 0.05) is 19.1 Å². The minimum absolute atomic E-state index is 0.200. The van der Waals surface area contributed by atoms with Gasteiger partial charge in [0.25, 0.3) is 0 Å². The van der Waals surface area contributed by atoms with Gasteiger partial charge in [-0.25, -0.2) is 0 Å². The first-order chi connectivity index (χ1) is 6.24. The molecule has 0 unspecified atom stereocenters. The Kier molecular flexibility index (Phi) is 4.18. The van der Waals surface area contributed by atoms with Gasteiger partial charge in [0.05, 0.1) is 13.7 Å². The van der Waals surface area contributed by atoms with Crippen molar-refractivity contribution in [2.75, 3.05) is 33.8 Å². The Bertz CT molecular complexity index is 169. The van der Waals surface area contributed by atoms with Gasteiger partial charge in [-0.15, -0.1) is 0 Å². The van der Waals surface area contributed by atoms with E-state index in [1.165, 1.54) is 20.0 Å². The summed E-state index contributed by atoms with van der Waals surface area (Å²) in [5, 5.41) is 3.03. The van der Waals surface area contributed by atoms with Crippen LogP contribution in [0.15, 0.2) is 0 Å². The molecule has 0 radical (unpaired) electrons. The van der Waals surface area contributed by atoms with Crippen LogP contribution in [0.2, 0.25) is 0 Å². The lowest BCUT2D eigenvalue weighted by molar-refractivity contribution is -0.139. The molecule has 1 rings (SSSR count). The molecule has 0 aromatic heterocycles. The van der Waals surface area contributed by atoms with Gasteiger partial charge >= 0.3 is 5.97 Å². The molecule has 0 saturated heterocycles. The SMILES string of the molecule is COC(=O)CNCCN(C)C1CC1. The first kappa shape index (κ1) is 10.5. The van der Waals surface area contributed by atoms with Gasteiger partial charge in [-0.3, -0.25) is 4.79 Å². The first-order valence-electron chi connectivity index (χ1n) is 4.72. The van der Waals surface area contributed by atoms with E-state index in [1.54, 1.807) is 0 Å². The fourth-order valence-corrected chi connectivity index (χ4v) is 1.22. The highest BCUT2D eigenvalue weighted by atomic mass is 16.5. The number of ether oxygens (including phenoxy) is 1. The van der Waals surface area contributed by atoms with Crippen LogP contribution in [0, 0.1) is 0 Å². The molecule has 0 aromatic carbocycles. The van der Waals surface area contributed by atoms with E-state index in [2.05, 4.69) is 22.0 Å². The normalized spacial score (nSPS) is 16.2. The fraction of sp³-hybridized carbons (Fsp3) is 0.889. The fourth-order valence-electron chi connectivity index (χ4n) is 1.22. The van der Waals surface area contributed by atoms with Crippen molar-refractivity contribution in [2.45, 2.75) is 18.9 Å². The van der Waals surface area contributed by atoms with E-state index in [0.717, 1.165) is 19.1 Å². The Morgan fingerprint density at radius 3 is 2.85 bits per heavy atom. The molecule has 0 atom stereocenters. The maximum Gasteiger partial charge on any atom is 0.319 e. The highest BCUT2D eigenvalue weighted by molar-refractivity contribution is 5.71. The first-order valence-corrected chi connectivity index (χ1v) is 4.72. The van der Waals surface area contributed by atoms with E-state index in [9.17, 15) is 4.79 Å². The van der Waals surface area contributed by atoms with E-state index in [0.29, 0.717) is 6.54 Å². The van der Waals surface area contributed by atoms with E-state index in [1.807, 2.05) is 0 Å². The van der Waals surface area contributed by atoms with E-state index < -0.39 is 0 Å². The molecule has 4 heteroatoms. The van der Waals surface area contributed by atoms with E-state index in [4.69, 9.17) is 0 Å². The third-order valence-electron chi connectivity index (χ3n) is 2.31. The quantitative estimate of drug-likeness (QED) is 0.462. The van der Waals surface area contributed by atoms with E-state index >= 15 is 0 Å². The van der Waals surface area contributed by atoms with Crippen LogP contribution in [0.25, 0.3) is 0 Å². The lowest BCUT2D eigenvalue weighted by Crippen LogP contribution is -2.33. The Hall–Kier alpha value is -0.610. The third-order valence-corrected chi connectivity index (χ3v) is 2.31. The third kappa shape index (κ3) is 4.24. The summed E-state index contributed by atoms with van der Waals surface area (Å²) in [7, 11) is 3.53. The summed E-state index contributed by atoms with van der Waals surface area (Å²) in [4.78, 5) is 13.0. The molecule has 1 aliphatic rings. The molecular formula is C9H18N2O2. The number of carbonyl (C=O) groups is 1. The molecule has 0 amide bonds. The van der Waals surface area contributed by atoms with Gasteiger partial charge in [-0.05, 0) is 19.9 Å². The van der Waals surface area contributed by atoms with Crippen LogP contribution in [0.4, 0.5) is 0 Å². The van der Waals surface area contributed by atoms with Crippen molar-refractivity contribution in [3.63, 3.8) is 0 Å². The molecule has 1 saturated carbocycles. The van der Waals surface area contributed by atoms with Crippen molar-refractivity contribution in [3.05, 3.63) is 0 Å². The van der Waals surface area contributed by atoms with Crippen LogP contribution in [0.5, 0.6) is 0 Å². The van der Waals surface area contributed by atoms with Gasteiger partial charge in [-0.2, -0.15) is 0 Å². The van der Waals surface area contributed by atoms with Crippen LogP contribution in [-0.4, -0.2) is 50.7 Å². The summed E-state index contributed by atoms with van der Waals surface area (Å²) in [6.07, 6.45) is 2.65. The van der Waals surface area contributed by atoms with Crippen molar-refractivity contribution in [3.8, 4) is 0 Å². The van der Waals surface area contributed by atoms with Gasteiger partial charge in [0.2, 0.25) is 0 Å². The summed E-state index contributed by atoms with van der Waals surface area (Å²) < 4.78 is 4.50. The topological polar surface area (TPSA) is 41.6 Å². The summed E-state index contributed by atoms with van der Waals surface area (Å²) in [6.45, 7) is 2.17. The number of hydrogen-bond acceptors (Lipinski definition) is 4. The molecule has 4 nitrogen and oxygen atoms in total. The minimum atomic E-state index is -0.200. The second kappa shape index (κ2) is 5.19. The number of esters is 1. The van der Waals surface area contributed by atoms with Crippen LogP contribution in [-0.2, 0) is 9.53 Å².